The highest BCUT2D eigenvalue weighted by Crippen LogP contribution is 2.26. The quantitative estimate of drug-likeness (QED) is 0.576. The number of hydrogen-bond acceptors (Lipinski definition) is 2. The largest absolute Gasteiger partial charge is 0.330 e. The van der Waals surface area contributed by atoms with Crippen molar-refractivity contribution in [2.24, 2.45) is 5.73 Å². The summed E-state index contributed by atoms with van der Waals surface area (Å²) >= 11 is 0. The molecule has 0 unspecified atom stereocenters. The van der Waals surface area contributed by atoms with Crippen LogP contribution in [0.3, 0.4) is 0 Å². The van der Waals surface area contributed by atoms with Gasteiger partial charge in [0.2, 0.25) is 0 Å². The molecule has 0 aromatic rings. The molecule has 1 rings (SSSR count). The molecule has 1 fully saturated rings. The second kappa shape index (κ2) is 7.24. The first kappa shape index (κ1) is 12.0. The number of nitrogens with zero attached hydrogens (tertiary/aromatic N) is 1. The highest BCUT2D eigenvalue weighted by molar-refractivity contribution is 4.83. The molecule has 84 valence electrons. The molecule has 0 aromatic carbocycles. The molecule has 1 aliphatic rings. The van der Waals surface area contributed by atoms with E-state index in [4.69, 9.17) is 5.73 Å². The highest BCUT2D eigenvalue weighted by Gasteiger charge is 2.26. The third-order valence-corrected chi connectivity index (χ3v) is 3.12. The predicted octanol–water partition coefficient (Wildman–Crippen LogP) is 2.38. The smallest absolute Gasteiger partial charge is 0.00963 e. The molecule has 0 heterocycles. The zero-order valence-electron chi connectivity index (χ0n) is 9.67. The van der Waals surface area contributed by atoms with Gasteiger partial charge in [0.25, 0.3) is 0 Å². The van der Waals surface area contributed by atoms with Crippen molar-refractivity contribution in [1.29, 1.82) is 0 Å². The van der Waals surface area contributed by atoms with Gasteiger partial charge in [-0.25, -0.2) is 0 Å². The minimum absolute atomic E-state index is 0.864. The van der Waals surface area contributed by atoms with Gasteiger partial charge in [-0.15, -0.1) is 0 Å². The van der Waals surface area contributed by atoms with Gasteiger partial charge in [0.05, 0.1) is 0 Å². The van der Waals surface area contributed by atoms with Crippen LogP contribution < -0.4 is 5.73 Å². The lowest BCUT2D eigenvalue weighted by Crippen LogP contribution is -2.26. The number of rotatable bonds is 9. The van der Waals surface area contributed by atoms with E-state index in [1.807, 2.05) is 0 Å². The van der Waals surface area contributed by atoms with Crippen LogP contribution in [0, 0.1) is 0 Å². The monoisotopic (exact) mass is 198 g/mol. The van der Waals surface area contributed by atoms with Crippen molar-refractivity contribution >= 4 is 0 Å². The molecule has 0 spiro atoms. The van der Waals surface area contributed by atoms with Gasteiger partial charge in [-0.05, 0) is 45.3 Å². The Balaban J connectivity index is 1.86. The SMILES string of the molecule is CCN(CCCCCCCN)C1CC1. The molecule has 0 amide bonds. The van der Waals surface area contributed by atoms with Crippen LogP contribution in [0.15, 0.2) is 0 Å². The van der Waals surface area contributed by atoms with Crippen LogP contribution in [0.5, 0.6) is 0 Å². The lowest BCUT2D eigenvalue weighted by molar-refractivity contribution is 0.270. The van der Waals surface area contributed by atoms with Crippen molar-refractivity contribution < 1.29 is 0 Å². The molecule has 2 heteroatoms. The molecule has 2 N–H and O–H groups in total. The van der Waals surface area contributed by atoms with Crippen LogP contribution in [0.2, 0.25) is 0 Å². The normalized spacial score (nSPS) is 16.5. The maximum Gasteiger partial charge on any atom is 0.00963 e. The molecule has 0 saturated heterocycles. The Morgan fingerprint density at radius 1 is 1.07 bits per heavy atom. The van der Waals surface area contributed by atoms with Gasteiger partial charge in [-0.3, -0.25) is 0 Å². The minimum Gasteiger partial charge on any atom is -0.330 e. The van der Waals surface area contributed by atoms with Crippen molar-refractivity contribution in [2.45, 2.75) is 57.9 Å². The molecule has 0 bridgehead atoms. The van der Waals surface area contributed by atoms with E-state index in [2.05, 4.69) is 11.8 Å². The Hall–Kier alpha value is -0.0800. The summed E-state index contributed by atoms with van der Waals surface area (Å²) in [7, 11) is 0. The van der Waals surface area contributed by atoms with Gasteiger partial charge in [-0.1, -0.05) is 26.2 Å². The molecule has 0 aliphatic heterocycles. The van der Waals surface area contributed by atoms with E-state index in [-0.39, 0.29) is 0 Å². The number of nitrogens with two attached hydrogens (primary N) is 1. The molecular formula is C12H26N2. The second-order valence-electron chi connectivity index (χ2n) is 4.42. The summed E-state index contributed by atoms with van der Waals surface area (Å²) in [6.45, 7) is 5.72. The first-order valence-corrected chi connectivity index (χ1v) is 6.32. The Morgan fingerprint density at radius 3 is 2.29 bits per heavy atom. The van der Waals surface area contributed by atoms with Crippen molar-refractivity contribution in [3.63, 3.8) is 0 Å². The fraction of sp³-hybridized carbons (Fsp3) is 1.00. The maximum absolute atomic E-state index is 5.45. The Kier molecular flexibility index (Phi) is 6.20. The van der Waals surface area contributed by atoms with E-state index in [1.54, 1.807) is 0 Å². The van der Waals surface area contributed by atoms with E-state index in [9.17, 15) is 0 Å². The van der Waals surface area contributed by atoms with E-state index in [1.165, 1.54) is 58.0 Å². The molecule has 1 aliphatic carbocycles. The summed E-state index contributed by atoms with van der Waals surface area (Å²) in [5.41, 5.74) is 5.45. The average Bonchev–Trinajstić information content (AvgIpc) is 3.01. The molecule has 0 aromatic heterocycles. The number of unbranched alkanes of at least 4 members (excludes halogenated alkanes) is 4. The third kappa shape index (κ3) is 4.97. The summed E-state index contributed by atoms with van der Waals surface area (Å²) in [6.07, 6.45) is 9.58. The van der Waals surface area contributed by atoms with Gasteiger partial charge < -0.3 is 10.6 Å². The zero-order chi connectivity index (χ0) is 10.2. The van der Waals surface area contributed by atoms with Crippen molar-refractivity contribution in [3.8, 4) is 0 Å². The zero-order valence-corrected chi connectivity index (χ0v) is 9.67. The summed E-state index contributed by atoms with van der Waals surface area (Å²) in [6, 6.07) is 0.948. The van der Waals surface area contributed by atoms with Crippen LogP contribution in [-0.4, -0.2) is 30.6 Å². The molecule has 14 heavy (non-hydrogen) atoms. The second-order valence-corrected chi connectivity index (χ2v) is 4.42. The lowest BCUT2D eigenvalue weighted by atomic mass is 10.1. The molecule has 0 atom stereocenters. The van der Waals surface area contributed by atoms with Crippen molar-refractivity contribution in [1.82, 2.24) is 4.90 Å². The summed E-state index contributed by atoms with van der Waals surface area (Å²) < 4.78 is 0. The van der Waals surface area contributed by atoms with Crippen molar-refractivity contribution in [2.75, 3.05) is 19.6 Å². The Labute approximate surface area is 88.8 Å². The standard InChI is InChI=1S/C12H26N2/c1-2-14(12-8-9-12)11-7-5-3-4-6-10-13/h12H,2-11,13H2,1H3. The fourth-order valence-electron chi connectivity index (χ4n) is 2.03. The Bertz CT molecular complexity index is 132. The molecule has 1 saturated carbocycles. The van der Waals surface area contributed by atoms with Crippen molar-refractivity contribution in [3.05, 3.63) is 0 Å². The van der Waals surface area contributed by atoms with E-state index in [0.29, 0.717) is 0 Å². The van der Waals surface area contributed by atoms with Crippen LogP contribution in [0.4, 0.5) is 0 Å². The predicted molar refractivity (Wildman–Crippen MR) is 62.4 cm³/mol. The molecule has 2 nitrogen and oxygen atoms in total. The molecular weight excluding hydrogens is 172 g/mol. The highest BCUT2D eigenvalue weighted by atomic mass is 15.2. The van der Waals surface area contributed by atoms with Crippen LogP contribution in [-0.2, 0) is 0 Å². The Morgan fingerprint density at radius 2 is 1.71 bits per heavy atom. The van der Waals surface area contributed by atoms with Gasteiger partial charge in [0.15, 0.2) is 0 Å². The van der Waals surface area contributed by atoms with Gasteiger partial charge >= 0.3 is 0 Å². The maximum atomic E-state index is 5.45. The first-order chi connectivity index (χ1) is 6.88. The lowest BCUT2D eigenvalue weighted by Gasteiger charge is -2.19. The van der Waals surface area contributed by atoms with Gasteiger partial charge in [0.1, 0.15) is 0 Å². The summed E-state index contributed by atoms with van der Waals surface area (Å²) in [5, 5.41) is 0. The van der Waals surface area contributed by atoms with E-state index in [0.717, 1.165) is 12.6 Å². The molecule has 0 radical (unpaired) electrons. The minimum atomic E-state index is 0.864. The summed E-state index contributed by atoms with van der Waals surface area (Å²) in [4.78, 5) is 2.64. The summed E-state index contributed by atoms with van der Waals surface area (Å²) in [5.74, 6) is 0. The van der Waals surface area contributed by atoms with Crippen LogP contribution >= 0.6 is 0 Å². The third-order valence-electron chi connectivity index (χ3n) is 3.12. The number of hydrogen-bond donors (Lipinski definition) is 1. The first-order valence-electron chi connectivity index (χ1n) is 6.32. The fourth-order valence-corrected chi connectivity index (χ4v) is 2.03. The van der Waals surface area contributed by atoms with Crippen LogP contribution in [0.25, 0.3) is 0 Å². The van der Waals surface area contributed by atoms with Gasteiger partial charge in [0, 0.05) is 6.04 Å². The topological polar surface area (TPSA) is 29.3 Å². The van der Waals surface area contributed by atoms with Gasteiger partial charge in [-0.2, -0.15) is 0 Å². The van der Waals surface area contributed by atoms with E-state index < -0.39 is 0 Å². The average molecular weight is 198 g/mol. The van der Waals surface area contributed by atoms with E-state index >= 15 is 0 Å². The van der Waals surface area contributed by atoms with Crippen LogP contribution in [0.1, 0.15) is 51.9 Å².